The molecule has 0 aromatic rings. The summed E-state index contributed by atoms with van der Waals surface area (Å²) in [6.45, 7) is 10.3. The summed E-state index contributed by atoms with van der Waals surface area (Å²) in [5, 5.41) is 0. The molecule has 0 unspecified atom stereocenters. The molecule has 0 radical (unpaired) electrons. The van der Waals surface area contributed by atoms with Crippen LogP contribution in [0, 0.1) is 0 Å². The quantitative estimate of drug-likeness (QED) is 0.606. The first-order valence-electron chi connectivity index (χ1n) is 6.72. The molecule has 0 saturated heterocycles. The summed E-state index contributed by atoms with van der Waals surface area (Å²) < 4.78 is 0. The van der Waals surface area contributed by atoms with E-state index in [1.54, 1.807) is 0 Å². The van der Waals surface area contributed by atoms with Crippen molar-refractivity contribution in [3.8, 4) is 0 Å². The highest BCUT2D eigenvalue weighted by Gasteiger charge is 2.08. The van der Waals surface area contributed by atoms with Crippen LogP contribution in [0.1, 0.15) is 59.3 Å². The van der Waals surface area contributed by atoms with E-state index >= 15 is 0 Å². The lowest BCUT2D eigenvalue weighted by Gasteiger charge is -2.25. The van der Waals surface area contributed by atoms with E-state index < -0.39 is 0 Å². The Morgan fingerprint density at radius 3 is 1.87 bits per heavy atom. The molecule has 15 heavy (non-hydrogen) atoms. The molecule has 0 aliphatic carbocycles. The van der Waals surface area contributed by atoms with Gasteiger partial charge in [-0.3, -0.25) is 0 Å². The van der Waals surface area contributed by atoms with Crippen molar-refractivity contribution < 1.29 is 0 Å². The second-order valence-electron chi connectivity index (χ2n) is 4.56. The molecule has 0 heterocycles. The fourth-order valence-corrected chi connectivity index (χ4v) is 1.85. The van der Waals surface area contributed by atoms with Gasteiger partial charge in [0.2, 0.25) is 0 Å². The zero-order valence-corrected chi connectivity index (χ0v) is 11.0. The Morgan fingerprint density at radius 2 is 1.47 bits per heavy atom. The molecule has 2 nitrogen and oxygen atoms in total. The monoisotopic (exact) mass is 214 g/mol. The van der Waals surface area contributed by atoms with E-state index in [9.17, 15) is 0 Å². The fourth-order valence-electron chi connectivity index (χ4n) is 1.85. The van der Waals surface area contributed by atoms with E-state index in [2.05, 4.69) is 25.7 Å². The molecule has 1 atom stereocenters. The average molecular weight is 214 g/mol. The number of hydrogen-bond donors (Lipinski definition) is 1. The Morgan fingerprint density at radius 1 is 0.933 bits per heavy atom. The zero-order valence-electron chi connectivity index (χ0n) is 11.0. The Hall–Kier alpha value is -0.0800. The van der Waals surface area contributed by atoms with Crippen LogP contribution in [0.4, 0.5) is 0 Å². The maximum absolute atomic E-state index is 6.09. The molecule has 0 bridgehead atoms. The van der Waals surface area contributed by atoms with Crippen molar-refractivity contribution >= 4 is 0 Å². The zero-order chi connectivity index (χ0) is 11.5. The lowest BCUT2D eigenvalue weighted by Crippen LogP contribution is -2.38. The van der Waals surface area contributed by atoms with Crippen molar-refractivity contribution in [3.05, 3.63) is 0 Å². The first-order chi connectivity index (χ1) is 7.24. The highest BCUT2D eigenvalue weighted by molar-refractivity contribution is 4.68. The number of nitrogens with two attached hydrogens (primary N) is 1. The third kappa shape index (κ3) is 8.88. The van der Waals surface area contributed by atoms with Crippen LogP contribution in [0.3, 0.4) is 0 Å². The Kier molecular flexibility index (Phi) is 10.4. The van der Waals surface area contributed by atoms with Crippen molar-refractivity contribution in [3.63, 3.8) is 0 Å². The first-order valence-corrected chi connectivity index (χ1v) is 6.72. The second kappa shape index (κ2) is 10.4. The summed E-state index contributed by atoms with van der Waals surface area (Å²) in [7, 11) is 0. The molecule has 0 aliphatic heterocycles. The van der Waals surface area contributed by atoms with Crippen LogP contribution in [0.5, 0.6) is 0 Å². The lowest BCUT2D eigenvalue weighted by molar-refractivity contribution is 0.245. The molecule has 0 aromatic carbocycles. The van der Waals surface area contributed by atoms with Gasteiger partial charge in [0.1, 0.15) is 0 Å². The molecule has 0 amide bonds. The molecule has 0 saturated carbocycles. The summed E-state index contributed by atoms with van der Waals surface area (Å²) in [5.74, 6) is 0. The van der Waals surface area contributed by atoms with E-state index in [0.29, 0.717) is 6.04 Å². The van der Waals surface area contributed by atoms with Crippen molar-refractivity contribution in [2.75, 3.05) is 19.6 Å². The number of rotatable bonds is 10. The van der Waals surface area contributed by atoms with Crippen molar-refractivity contribution in [2.45, 2.75) is 65.3 Å². The maximum Gasteiger partial charge on any atom is 0.0167 e. The van der Waals surface area contributed by atoms with E-state index in [0.717, 1.165) is 13.0 Å². The van der Waals surface area contributed by atoms with Gasteiger partial charge in [-0.15, -0.1) is 0 Å². The maximum atomic E-state index is 6.09. The van der Waals surface area contributed by atoms with E-state index in [4.69, 9.17) is 5.73 Å². The highest BCUT2D eigenvalue weighted by atomic mass is 15.1. The van der Waals surface area contributed by atoms with E-state index in [-0.39, 0.29) is 0 Å². The molecule has 0 aliphatic rings. The first kappa shape index (κ1) is 14.9. The summed E-state index contributed by atoms with van der Waals surface area (Å²) >= 11 is 0. The third-order valence-corrected chi connectivity index (χ3v) is 2.81. The minimum atomic E-state index is 0.378. The van der Waals surface area contributed by atoms with Crippen molar-refractivity contribution in [1.82, 2.24) is 4.90 Å². The van der Waals surface area contributed by atoms with Gasteiger partial charge in [0, 0.05) is 12.6 Å². The van der Waals surface area contributed by atoms with Gasteiger partial charge in [0.15, 0.2) is 0 Å². The molecule has 2 heteroatoms. The van der Waals surface area contributed by atoms with Gasteiger partial charge >= 0.3 is 0 Å². The Labute approximate surface area is 96.2 Å². The predicted octanol–water partition coefficient (Wildman–Crippen LogP) is 3.02. The SMILES string of the molecule is CCCCN(CCCC)C[C@H](N)CCC. The highest BCUT2D eigenvalue weighted by Crippen LogP contribution is 2.02. The van der Waals surface area contributed by atoms with E-state index in [1.165, 1.54) is 45.2 Å². The molecule has 0 spiro atoms. The molecule has 0 fully saturated rings. The van der Waals surface area contributed by atoms with Crippen LogP contribution in [0.25, 0.3) is 0 Å². The van der Waals surface area contributed by atoms with Gasteiger partial charge in [-0.2, -0.15) is 0 Å². The van der Waals surface area contributed by atoms with Crippen LogP contribution < -0.4 is 5.73 Å². The molecular formula is C13H30N2. The second-order valence-corrected chi connectivity index (χ2v) is 4.56. The Bertz CT molecular complexity index is 118. The molecule has 0 aromatic heterocycles. The minimum Gasteiger partial charge on any atom is -0.327 e. The van der Waals surface area contributed by atoms with Gasteiger partial charge in [-0.05, 0) is 32.4 Å². The summed E-state index contributed by atoms with van der Waals surface area (Å²) in [4.78, 5) is 2.55. The predicted molar refractivity (Wildman–Crippen MR) is 69.1 cm³/mol. The van der Waals surface area contributed by atoms with Crippen LogP contribution in [-0.2, 0) is 0 Å². The average Bonchev–Trinajstić information content (AvgIpc) is 2.22. The molecule has 92 valence electrons. The Balaban J connectivity index is 3.76. The number of hydrogen-bond acceptors (Lipinski definition) is 2. The summed E-state index contributed by atoms with van der Waals surface area (Å²) in [6, 6.07) is 0.378. The molecule has 2 N–H and O–H groups in total. The normalized spacial score (nSPS) is 13.4. The topological polar surface area (TPSA) is 29.3 Å². The number of unbranched alkanes of at least 4 members (excludes halogenated alkanes) is 2. The van der Waals surface area contributed by atoms with Crippen LogP contribution in [0.2, 0.25) is 0 Å². The van der Waals surface area contributed by atoms with Gasteiger partial charge in [-0.1, -0.05) is 40.0 Å². The van der Waals surface area contributed by atoms with Crippen molar-refractivity contribution in [2.24, 2.45) is 5.73 Å². The van der Waals surface area contributed by atoms with Crippen LogP contribution in [0.15, 0.2) is 0 Å². The summed E-state index contributed by atoms with van der Waals surface area (Å²) in [5.41, 5.74) is 6.09. The van der Waals surface area contributed by atoms with Gasteiger partial charge in [0.25, 0.3) is 0 Å². The third-order valence-electron chi connectivity index (χ3n) is 2.81. The largest absolute Gasteiger partial charge is 0.327 e. The van der Waals surface area contributed by atoms with E-state index in [1.807, 2.05) is 0 Å². The van der Waals surface area contributed by atoms with Gasteiger partial charge < -0.3 is 10.6 Å². The fraction of sp³-hybridized carbons (Fsp3) is 1.00. The summed E-state index contributed by atoms with van der Waals surface area (Å²) in [6.07, 6.45) is 7.55. The van der Waals surface area contributed by atoms with Crippen LogP contribution in [-0.4, -0.2) is 30.6 Å². The molecule has 0 rings (SSSR count). The van der Waals surface area contributed by atoms with Crippen molar-refractivity contribution in [1.29, 1.82) is 0 Å². The lowest BCUT2D eigenvalue weighted by atomic mass is 10.1. The van der Waals surface area contributed by atoms with Gasteiger partial charge in [-0.25, -0.2) is 0 Å². The van der Waals surface area contributed by atoms with Crippen LogP contribution >= 0.6 is 0 Å². The standard InChI is InChI=1S/C13H30N2/c1-4-7-10-15(11-8-5-2)12-13(14)9-6-3/h13H,4-12,14H2,1-3H3/t13-/m1/s1. The number of nitrogens with zero attached hydrogens (tertiary/aromatic N) is 1. The molecular weight excluding hydrogens is 184 g/mol. The van der Waals surface area contributed by atoms with Gasteiger partial charge in [0.05, 0.1) is 0 Å². The minimum absolute atomic E-state index is 0.378. The smallest absolute Gasteiger partial charge is 0.0167 e.